The molecule has 22 heteroatoms. The van der Waals surface area contributed by atoms with E-state index in [0.29, 0.717) is 43.3 Å². The second-order valence-corrected chi connectivity index (χ2v) is 24.4. The number of cyclic esters (lactones) is 1. The molecule has 0 radical (unpaired) electrons. The molecule has 0 bridgehead atoms. The summed E-state index contributed by atoms with van der Waals surface area (Å²) in [5, 5.41) is 49.9. The van der Waals surface area contributed by atoms with Crippen molar-refractivity contribution in [1.29, 1.82) is 0 Å². The molecule has 4 fully saturated rings. The number of pyridine rings is 1. The lowest BCUT2D eigenvalue weighted by atomic mass is 9.75. The minimum absolute atomic E-state index is 0.0478. The third-order valence-corrected chi connectivity index (χ3v) is 17.4. The number of hydrogen-bond acceptors (Lipinski definition) is 19. The Kier molecular flexibility index (Phi) is 20.5. The number of aryl methyl sites for hydroxylation is 2. The number of carbonyl (C=O) groups excluding carboxylic acids is 1. The van der Waals surface area contributed by atoms with E-state index in [1.807, 2.05) is 45.8 Å². The first kappa shape index (κ1) is 62.0. The number of esters is 1. The number of aliphatic hydroxyl groups excluding tert-OH is 1. The van der Waals surface area contributed by atoms with Crippen LogP contribution in [0.25, 0.3) is 10.9 Å². The van der Waals surface area contributed by atoms with Crippen LogP contribution in [0.4, 0.5) is 0 Å². The Bertz CT molecular complexity index is 2470. The quantitative estimate of drug-likeness (QED) is 0.0803. The maximum Gasteiger partial charge on any atom is 0.341 e. The monoisotopic (exact) mass is 1100 g/mol. The van der Waals surface area contributed by atoms with Gasteiger partial charge in [-0.25, -0.2) is 4.79 Å². The fourth-order valence-corrected chi connectivity index (χ4v) is 13.1. The van der Waals surface area contributed by atoms with Gasteiger partial charge < -0.3 is 73.1 Å². The minimum atomic E-state index is -4.19. The van der Waals surface area contributed by atoms with Crippen LogP contribution in [-0.2, 0) is 70.0 Å². The van der Waals surface area contributed by atoms with E-state index < -0.39 is 130 Å². The maximum atomic E-state index is 14.6. The fourth-order valence-electron chi connectivity index (χ4n) is 12.0. The number of fused-ring (bicyclic) bond motifs is 2. The van der Waals surface area contributed by atoms with Crippen molar-refractivity contribution in [2.75, 3.05) is 40.0 Å². The van der Waals surface area contributed by atoms with E-state index >= 15 is 0 Å². The SMILES string of the molecule is CC[C@H]1OC(=O)[C@H](C)[C@@H](O[C@H]2C[C@@](C)(OC)[C@@H](OS(=O)(=O)CCNCCCc3ccc4c(c3)c(=O)c(C(=O)O)cn4CC)[C@H](C)O2)[C@H](C)[C@@H](O[C@@H]2O[C@H](C)C[C@H](N(C)C)[C@H]2O)[C@](C)(O)C[C@@H](C)[C@@H]2O[C@H](C)O[C@H]2[C@]1(C)O. The lowest BCUT2D eigenvalue weighted by Crippen LogP contribution is -2.61. The molecule has 5 N–H and O–H groups in total. The Morgan fingerprint density at radius 3 is 2.28 bits per heavy atom. The molecule has 4 aliphatic rings. The van der Waals surface area contributed by atoms with Gasteiger partial charge in [0.25, 0.3) is 10.1 Å². The van der Waals surface area contributed by atoms with Crippen LogP contribution in [0.5, 0.6) is 0 Å². The predicted octanol–water partition coefficient (Wildman–Crippen LogP) is 3.96. The zero-order valence-corrected chi connectivity index (χ0v) is 47.7. The molecule has 0 saturated carbocycles. The van der Waals surface area contributed by atoms with Gasteiger partial charge in [0.2, 0.25) is 5.43 Å². The Morgan fingerprint density at radius 2 is 1.64 bits per heavy atom. The number of aromatic carboxylic acids is 1. The molecule has 19 atom stereocenters. The molecule has 1 aromatic heterocycles. The summed E-state index contributed by atoms with van der Waals surface area (Å²) in [7, 11) is 0.957. The van der Waals surface area contributed by atoms with Gasteiger partial charge in [-0.2, -0.15) is 8.42 Å². The van der Waals surface area contributed by atoms with Crippen molar-refractivity contribution < 1.29 is 80.5 Å². The zero-order chi connectivity index (χ0) is 56.4. The van der Waals surface area contributed by atoms with Gasteiger partial charge in [-0.3, -0.25) is 13.8 Å². The number of rotatable bonds is 18. The van der Waals surface area contributed by atoms with Crippen LogP contribution in [0, 0.1) is 17.8 Å². The number of likely N-dealkylation sites (N-methyl/N-ethyl adjacent to an activating group) is 1. The third-order valence-electron chi connectivity index (χ3n) is 16.2. The average Bonchev–Trinajstić information content (AvgIpc) is 3.76. The molecule has 4 saturated heterocycles. The average molecular weight is 1100 g/mol. The number of nitrogens with one attached hydrogen (secondary N) is 1. The summed E-state index contributed by atoms with van der Waals surface area (Å²) in [5.74, 6) is -4.83. The van der Waals surface area contributed by atoms with E-state index in [9.17, 15) is 43.2 Å². The number of carboxylic acids is 1. The van der Waals surface area contributed by atoms with Crippen LogP contribution in [0.2, 0.25) is 0 Å². The van der Waals surface area contributed by atoms with Crippen molar-refractivity contribution in [2.45, 2.75) is 218 Å². The minimum Gasteiger partial charge on any atom is -0.477 e. The Morgan fingerprint density at radius 1 is 0.947 bits per heavy atom. The largest absolute Gasteiger partial charge is 0.477 e. The van der Waals surface area contributed by atoms with Crippen molar-refractivity contribution in [3.63, 3.8) is 0 Å². The summed E-state index contributed by atoms with van der Waals surface area (Å²) in [6.45, 7) is 20.0. The van der Waals surface area contributed by atoms with Crippen LogP contribution in [-0.4, -0.2) is 187 Å². The first-order valence-corrected chi connectivity index (χ1v) is 28.5. The molecule has 2 aromatic rings. The summed E-state index contributed by atoms with van der Waals surface area (Å²) < 4.78 is 86.0. The van der Waals surface area contributed by atoms with Crippen molar-refractivity contribution in [3.05, 3.63) is 45.7 Å². The molecule has 0 aliphatic carbocycles. The number of hydrogen-bond donors (Lipinski definition) is 5. The molecule has 432 valence electrons. The summed E-state index contributed by atoms with van der Waals surface area (Å²) in [4.78, 5) is 41.2. The highest BCUT2D eigenvalue weighted by Gasteiger charge is 2.57. The van der Waals surface area contributed by atoms with Crippen LogP contribution in [0.3, 0.4) is 0 Å². The van der Waals surface area contributed by atoms with Crippen LogP contribution in [0.15, 0.2) is 29.2 Å². The first-order valence-electron chi connectivity index (χ1n) is 27.0. The molecule has 0 unspecified atom stereocenters. The molecular formula is C54H87N3O18S. The topological polar surface area (TPSA) is 270 Å². The second-order valence-electron chi connectivity index (χ2n) is 22.6. The smallest absolute Gasteiger partial charge is 0.341 e. The summed E-state index contributed by atoms with van der Waals surface area (Å²) in [5.41, 5.74) is -4.15. The lowest BCUT2D eigenvalue weighted by Gasteiger charge is -2.49. The van der Waals surface area contributed by atoms with Crippen LogP contribution < -0.4 is 10.7 Å². The molecule has 76 heavy (non-hydrogen) atoms. The van der Waals surface area contributed by atoms with Gasteiger partial charge in [-0.15, -0.1) is 0 Å². The van der Waals surface area contributed by atoms with Gasteiger partial charge in [0, 0.05) is 50.2 Å². The van der Waals surface area contributed by atoms with E-state index in [0.717, 1.165) is 5.56 Å². The summed E-state index contributed by atoms with van der Waals surface area (Å²) in [6, 6.07) is 5.06. The number of benzene rings is 1. The Hall–Kier alpha value is -3.20. The number of carbonyl (C=O) groups is 2. The Balaban J connectivity index is 1.19. The van der Waals surface area contributed by atoms with Crippen molar-refractivity contribution in [1.82, 2.24) is 14.8 Å². The number of aromatic nitrogens is 1. The molecular weight excluding hydrogens is 1010 g/mol. The number of nitrogens with zero attached hydrogens (tertiary/aromatic N) is 2. The second kappa shape index (κ2) is 25.1. The third kappa shape index (κ3) is 13.9. The summed E-state index contributed by atoms with van der Waals surface area (Å²) in [6.07, 6.45) is -8.45. The van der Waals surface area contributed by atoms with Crippen molar-refractivity contribution in [2.24, 2.45) is 17.8 Å². The van der Waals surface area contributed by atoms with Crippen LogP contribution in [0.1, 0.15) is 124 Å². The predicted molar refractivity (Wildman–Crippen MR) is 280 cm³/mol. The van der Waals surface area contributed by atoms with E-state index in [2.05, 4.69) is 5.32 Å². The number of aliphatic hydroxyl groups is 3. The normalized spacial score (nSPS) is 39.0. The molecule has 6 rings (SSSR count). The van der Waals surface area contributed by atoms with E-state index in [-0.39, 0.29) is 49.3 Å². The number of methoxy groups -OCH3 is 1. The van der Waals surface area contributed by atoms with E-state index in [4.69, 9.17) is 42.1 Å². The molecule has 0 amide bonds. The lowest BCUT2D eigenvalue weighted by molar-refractivity contribution is -0.316. The Labute approximate surface area is 448 Å². The number of ether oxygens (including phenoxy) is 8. The maximum absolute atomic E-state index is 14.6. The van der Waals surface area contributed by atoms with Crippen LogP contribution >= 0.6 is 0 Å². The molecule has 1 aromatic carbocycles. The van der Waals surface area contributed by atoms with Crippen molar-refractivity contribution in [3.8, 4) is 0 Å². The van der Waals surface area contributed by atoms with Gasteiger partial charge in [0.15, 0.2) is 18.9 Å². The highest BCUT2D eigenvalue weighted by molar-refractivity contribution is 7.86. The fraction of sp³-hybridized carbons (Fsp3) is 0.796. The van der Waals surface area contributed by atoms with Gasteiger partial charge in [-0.05, 0) is 132 Å². The van der Waals surface area contributed by atoms with E-state index in [1.54, 1.807) is 72.1 Å². The first-order chi connectivity index (χ1) is 35.5. The highest BCUT2D eigenvalue weighted by Crippen LogP contribution is 2.44. The molecule has 0 spiro atoms. The summed E-state index contributed by atoms with van der Waals surface area (Å²) >= 11 is 0. The zero-order valence-electron chi connectivity index (χ0n) is 46.9. The van der Waals surface area contributed by atoms with E-state index in [1.165, 1.54) is 13.3 Å². The number of carboxylic acid groups (broad SMARTS) is 1. The van der Waals surface area contributed by atoms with Gasteiger partial charge in [-0.1, -0.05) is 26.8 Å². The van der Waals surface area contributed by atoms with Gasteiger partial charge in [0.05, 0.1) is 58.9 Å². The van der Waals surface area contributed by atoms with Gasteiger partial charge >= 0.3 is 11.9 Å². The van der Waals surface area contributed by atoms with Gasteiger partial charge in [0.1, 0.15) is 35.6 Å². The standard InChI is InChI=1S/C54H87N3O18S/c1-15-40-54(11,64)48-44(70-34(8)71-48)29(3)26-52(9,63)46(74-51-43(59)39(56(12)13)24-30(4)68-51)31(5)45(32(6)50(62)72-40)73-41-27-53(10,67-14)47(33(7)69-41)75-76(65,66)23-22-55-21-17-18-35-19-20-38-36(25-35)42(58)37(49(60)61)28-57(38)16-2/h19-20,25,28-34,39-41,43-48,51,55,59,63-64H,15-18,21-24,26-27H2,1-14H3,(H,60,61)/t29-,30-,31+,32-,33+,34+,39+,40-,41+,43-,44+,45+,46-,47+,48-,51+,52-,53-,54-/m1/s1. The molecule has 21 nitrogen and oxygen atoms in total. The van der Waals surface area contributed by atoms with Crippen molar-refractivity contribution >= 4 is 33.0 Å². The molecule has 5 heterocycles. The highest BCUT2D eigenvalue weighted by atomic mass is 32.2. The molecule has 4 aliphatic heterocycles.